The van der Waals surface area contributed by atoms with Crippen LogP contribution in [0.15, 0.2) is 11.6 Å². The first-order valence-corrected chi connectivity index (χ1v) is 12.1. The highest BCUT2D eigenvalue weighted by Gasteiger charge is 2.65. The first kappa shape index (κ1) is 21.1. The van der Waals surface area contributed by atoms with Crippen LogP contribution in [-0.4, -0.2) is 44.9 Å². The van der Waals surface area contributed by atoms with E-state index in [1.165, 1.54) is 5.57 Å². The number of carbonyl (C=O) groups excluding carboxylic acids is 2. The summed E-state index contributed by atoms with van der Waals surface area (Å²) >= 11 is 1.08. The van der Waals surface area contributed by atoms with Gasteiger partial charge in [0.15, 0.2) is 11.6 Å². The molecule has 4 rings (SSSR count). The van der Waals surface area contributed by atoms with Crippen LogP contribution in [0.2, 0.25) is 0 Å². The second kappa shape index (κ2) is 7.23. The summed E-state index contributed by atoms with van der Waals surface area (Å²) in [6.07, 6.45) is 8.61. The first-order chi connectivity index (χ1) is 13.6. The summed E-state index contributed by atoms with van der Waals surface area (Å²) < 4.78 is 0. The lowest BCUT2D eigenvalue weighted by atomic mass is 9.46. The fraction of sp³-hybridized carbons (Fsp3) is 0.783. The molecule has 3 saturated carbocycles. The number of thioether (sulfide) groups is 1. The highest BCUT2D eigenvalue weighted by molar-refractivity contribution is 8.00. The van der Waals surface area contributed by atoms with Crippen LogP contribution in [0.4, 0.5) is 0 Å². The highest BCUT2D eigenvalue weighted by atomic mass is 32.2. The highest BCUT2D eigenvalue weighted by Crippen LogP contribution is 2.67. The predicted molar refractivity (Wildman–Crippen MR) is 112 cm³/mol. The van der Waals surface area contributed by atoms with Gasteiger partial charge < -0.3 is 10.2 Å². The molecule has 0 radical (unpaired) electrons. The van der Waals surface area contributed by atoms with Gasteiger partial charge in [-0.3, -0.25) is 14.4 Å². The van der Waals surface area contributed by atoms with Crippen LogP contribution in [0.1, 0.15) is 65.2 Å². The Hall–Kier alpha value is -1.14. The van der Waals surface area contributed by atoms with E-state index in [1.54, 1.807) is 0 Å². The number of fused-ring (bicyclic) bond motifs is 5. The van der Waals surface area contributed by atoms with Gasteiger partial charge in [0, 0.05) is 11.8 Å². The van der Waals surface area contributed by atoms with Crippen molar-refractivity contribution < 1.29 is 24.6 Å². The second-order valence-corrected chi connectivity index (χ2v) is 11.1. The first-order valence-electron chi connectivity index (χ1n) is 10.9. The zero-order valence-corrected chi connectivity index (χ0v) is 18.2. The third-order valence-electron chi connectivity index (χ3n) is 9.03. The number of allylic oxidation sites excluding steroid dienone is 1. The molecule has 0 unspecified atom stereocenters. The summed E-state index contributed by atoms with van der Waals surface area (Å²) in [6, 6.07) is 0. The van der Waals surface area contributed by atoms with Gasteiger partial charge in [-0.05, 0) is 74.2 Å². The van der Waals surface area contributed by atoms with Crippen molar-refractivity contribution in [3.8, 4) is 0 Å². The van der Waals surface area contributed by atoms with Crippen LogP contribution in [0.5, 0.6) is 0 Å². The van der Waals surface area contributed by atoms with E-state index < -0.39 is 17.0 Å². The predicted octanol–water partition coefficient (Wildman–Crippen LogP) is 3.64. The summed E-state index contributed by atoms with van der Waals surface area (Å²) in [6.45, 7) is 4.43. The summed E-state index contributed by atoms with van der Waals surface area (Å²) in [5.41, 5.74) is -0.363. The van der Waals surface area contributed by atoms with Crippen LogP contribution in [-0.2, 0) is 14.4 Å². The smallest absolute Gasteiger partial charge is 0.313 e. The Morgan fingerprint density at radius 2 is 1.79 bits per heavy atom. The molecular formula is C23H32O5S. The van der Waals surface area contributed by atoms with Crippen molar-refractivity contribution in [1.29, 1.82) is 0 Å². The number of ketones is 2. The molecule has 0 aliphatic heterocycles. The molecular weight excluding hydrogens is 388 g/mol. The van der Waals surface area contributed by atoms with Gasteiger partial charge in [-0.15, -0.1) is 11.8 Å². The number of aliphatic hydroxyl groups is 1. The lowest BCUT2D eigenvalue weighted by molar-refractivity contribution is -0.159. The maximum Gasteiger partial charge on any atom is 0.313 e. The summed E-state index contributed by atoms with van der Waals surface area (Å²) in [7, 11) is 0. The molecule has 4 aliphatic rings. The van der Waals surface area contributed by atoms with Gasteiger partial charge >= 0.3 is 5.97 Å². The molecule has 0 aromatic heterocycles. The molecule has 0 bridgehead atoms. The Morgan fingerprint density at radius 1 is 1.07 bits per heavy atom. The normalized spacial score (nSPS) is 43.8. The second-order valence-electron chi connectivity index (χ2n) is 10.1. The van der Waals surface area contributed by atoms with Crippen molar-refractivity contribution in [2.24, 2.45) is 28.6 Å². The molecule has 6 atom stereocenters. The number of Topliss-reactive ketones (excluding diaryl/α,β-unsaturated/α-hetero) is 1. The van der Waals surface area contributed by atoms with Crippen molar-refractivity contribution in [2.75, 3.05) is 11.5 Å². The molecule has 0 saturated heterocycles. The van der Waals surface area contributed by atoms with Crippen LogP contribution in [0.25, 0.3) is 0 Å². The third-order valence-corrected chi connectivity index (χ3v) is 9.95. The average Bonchev–Trinajstić information content (AvgIpc) is 2.94. The van der Waals surface area contributed by atoms with E-state index in [0.717, 1.165) is 50.3 Å². The summed E-state index contributed by atoms with van der Waals surface area (Å²) in [5, 5.41) is 20.4. The number of hydrogen-bond acceptors (Lipinski definition) is 5. The maximum atomic E-state index is 13.0. The molecule has 5 nitrogen and oxygen atoms in total. The van der Waals surface area contributed by atoms with Crippen LogP contribution in [0.3, 0.4) is 0 Å². The molecule has 0 aromatic carbocycles. The van der Waals surface area contributed by atoms with Gasteiger partial charge in [0.05, 0.1) is 11.5 Å². The fourth-order valence-electron chi connectivity index (χ4n) is 7.38. The number of hydrogen-bond donors (Lipinski definition) is 2. The van der Waals surface area contributed by atoms with Gasteiger partial charge in [0.1, 0.15) is 5.60 Å². The number of carboxylic acids is 1. The monoisotopic (exact) mass is 420 g/mol. The maximum absolute atomic E-state index is 13.0. The standard InChI is InChI=1S/C23H32O5S/c1-21-8-5-15(24)11-14(21)3-4-16-17(21)6-9-22(2)18(16)7-10-23(22,28)19(25)12-29-13-20(26)27/h11,16-18,28H,3-10,12-13H2,1-2H3,(H,26,27)/t16-,17+,18+,21+,22+,23+/m1/s1. The quantitative estimate of drug-likeness (QED) is 0.706. The minimum atomic E-state index is -1.34. The number of aliphatic carboxylic acids is 1. The molecule has 160 valence electrons. The molecule has 4 aliphatic carbocycles. The number of carboxylic acid groups (broad SMARTS) is 1. The number of carbonyl (C=O) groups is 3. The molecule has 6 heteroatoms. The summed E-state index contributed by atoms with van der Waals surface area (Å²) in [4.78, 5) is 35.7. The Kier molecular flexibility index (Phi) is 5.26. The largest absolute Gasteiger partial charge is 0.481 e. The Labute approximate surface area is 176 Å². The molecule has 0 amide bonds. The number of rotatable bonds is 5. The van der Waals surface area contributed by atoms with Gasteiger partial charge in [0.25, 0.3) is 0 Å². The van der Waals surface area contributed by atoms with Crippen LogP contribution < -0.4 is 0 Å². The van der Waals surface area contributed by atoms with E-state index in [-0.39, 0.29) is 28.5 Å². The van der Waals surface area contributed by atoms with Crippen molar-refractivity contribution in [3.05, 3.63) is 11.6 Å². The third kappa shape index (κ3) is 3.13. The minimum Gasteiger partial charge on any atom is -0.481 e. The minimum absolute atomic E-state index is 0.0614. The molecule has 0 heterocycles. The van der Waals surface area contributed by atoms with Gasteiger partial charge in [-0.1, -0.05) is 19.4 Å². The molecule has 0 spiro atoms. The lowest BCUT2D eigenvalue weighted by Crippen LogP contribution is -2.58. The zero-order valence-electron chi connectivity index (χ0n) is 17.4. The van der Waals surface area contributed by atoms with Crippen molar-refractivity contribution in [1.82, 2.24) is 0 Å². The fourth-order valence-corrected chi connectivity index (χ4v) is 8.08. The molecule has 3 fully saturated rings. The van der Waals surface area contributed by atoms with Crippen molar-refractivity contribution in [3.63, 3.8) is 0 Å². The van der Waals surface area contributed by atoms with Crippen LogP contribution in [0, 0.1) is 28.6 Å². The van der Waals surface area contributed by atoms with Crippen molar-refractivity contribution in [2.45, 2.75) is 70.8 Å². The van der Waals surface area contributed by atoms with E-state index in [4.69, 9.17) is 5.11 Å². The van der Waals surface area contributed by atoms with Gasteiger partial charge in [0.2, 0.25) is 0 Å². The van der Waals surface area contributed by atoms with E-state index in [2.05, 4.69) is 13.8 Å². The average molecular weight is 421 g/mol. The van der Waals surface area contributed by atoms with E-state index in [1.807, 2.05) is 6.08 Å². The molecule has 29 heavy (non-hydrogen) atoms. The van der Waals surface area contributed by atoms with Gasteiger partial charge in [-0.25, -0.2) is 0 Å². The topological polar surface area (TPSA) is 91.7 Å². The van der Waals surface area contributed by atoms with E-state index in [0.29, 0.717) is 30.6 Å². The van der Waals surface area contributed by atoms with Crippen LogP contribution >= 0.6 is 11.8 Å². The molecule has 2 N–H and O–H groups in total. The lowest BCUT2D eigenvalue weighted by Gasteiger charge is -2.58. The Morgan fingerprint density at radius 3 is 2.52 bits per heavy atom. The van der Waals surface area contributed by atoms with E-state index >= 15 is 0 Å². The van der Waals surface area contributed by atoms with Crippen molar-refractivity contribution >= 4 is 29.3 Å². The summed E-state index contributed by atoms with van der Waals surface area (Å²) in [5.74, 6) is 0.399. The van der Waals surface area contributed by atoms with E-state index in [9.17, 15) is 19.5 Å². The molecule has 0 aromatic rings. The van der Waals surface area contributed by atoms with Gasteiger partial charge in [-0.2, -0.15) is 0 Å². The SMILES string of the molecule is C[C@]12CCC(=O)C=C1CC[C@@H]1[C@@H]2CC[C@@]2(C)[C@H]1CC[C@]2(O)C(=O)CSCC(=O)O. The zero-order chi connectivity index (χ0) is 21.0. The Bertz CT molecular complexity index is 775. The Balaban J connectivity index is 1.56.